The number of carbonyl (C=O) groups excluding carboxylic acids is 2. The van der Waals surface area contributed by atoms with Gasteiger partial charge in [0.15, 0.2) is 5.82 Å². The van der Waals surface area contributed by atoms with E-state index in [0.29, 0.717) is 13.1 Å². The Balaban J connectivity index is 1.26. The minimum Gasteiger partial charge on any atom is -0.507 e. The second-order valence-electron chi connectivity index (χ2n) is 10.6. The highest BCUT2D eigenvalue weighted by molar-refractivity contribution is 6.02. The quantitative estimate of drug-likeness (QED) is 0.344. The van der Waals surface area contributed by atoms with Crippen LogP contribution in [0.4, 0.5) is 5.82 Å². The minimum absolute atomic E-state index is 0.0114. The van der Waals surface area contributed by atoms with Crippen molar-refractivity contribution < 1.29 is 14.7 Å². The number of piperidine rings is 1. The summed E-state index contributed by atoms with van der Waals surface area (Å²) in [6.45, 7) is 4.72. The number of phenolic OH excluding ortho intramolecular Hbond substituents is 1. The summed E-state index contributed by atoms with van der Waals surface area (Å²) in [6, 6.07) is 14.2. The number of benzene rings is 2. The number of likely N-dealkylation sites (tertiary alicyclic amines) is 1. The Hall–Kier alpha value is -3.69. The van der Waals surface area contributed by atoms with Crippen LogP contribution in [-0.4, -0.2) is 51.2 Å². The average molecular weight is 517 g/mol. The number of hydrogen-bond donors (Lipinski definition) is 4. The number of aryl methyl sites for hydroxylation is 1. The zero-order chi connectivity index (χ0) is 26.9. The van der Waals surface area contributed by atoms with Crippen LogP contribution in [0.15, 0.2) is 48.7 Å². The van der Waals surface area contributed by atoms with Crippen molar-refractivity contribution in [3.63, 3.8) is 0 Å². The fraction of sp³-hybridized carbons (Fsp3) is 0.414. The topological polar surface area (TPSA) is 140 Å². The predicted octanol–water partition coefficient (Wildman–Crippen LogP) is 3.22. The highest BCUT2D eigenvalue weighted by Gasteiger charge is 2.38. The van der Waals surface area contributed by atoms with E-state index in [1.165, 1.54) is 5.56 Å². The third-order valence-electron chi connectivity index (χ3n) is 7.96. The SMILES string of the molecule is CCc1ccc(-c2ccc(CN3CCC(CN)(n4cc(C(N)=O)c(NC(=O)C5CC5)n4)CC3)cc2O)cc1. The van der Waals surface area contributed by atoms with Gasteiger partial charge in [-0.15, -0.1) is 0 Å². The number of hydrogen-bond acceptors (Lipinski definition) is 6. The molecule has 5 rings (SSSR count). The van der Waals surface area contributed by atoms with Gasteiger partial charge in [-0.25, -0.2) is 0 Å². The molecule has 3 aromatic rings. The van der Waals surface area contributed by atoms with Crippen molar-refractivity contribution in [2.75, 3.05) is 25.0 Å². The molecule has 1 saturated heterocycles. The van der Waals surface area contributed by atoms with Gasteiger partial charge < -0.3 is 21.9 Å². The molecule has 0 unspecified atom stereocenters. The van der Waals surface area contributed by atoms with E-state index in [2.05, 4.69) is 40.4 Å². The molecule has 1 saturated carbocycles. The first kappa shape index (κ1) is 25.9. The minimum atomic E-state index is -0.628. The fourth-order valence-electron chi connectivity index (χ4n) is 5.21. The molecule has 0 bridgehead atoms. The lowest BCUT2D eigenvalue weighted by atomic mass is 9.87. The first-order valence-corrected chi connectivity index (χ1v) is 13.4. The summed E-state index contributed by atoms with van der Waals surface area (Å²) in [7, 11) is 0. The van der Waals surface area contributed by atoms with Crippen molar-refractivity contribution in [1.82, 2.24) is 14.7 Å². The largest absolute Gasteiger partial charge is 0.507 e. The van der Waals surface area contributed by atoms with Gasteiger partial charge in [0.2, 0.25) is 5.91 Å². The number of amides is 2. The van der Waals surface area contributed by atoms with Gasteiger partial charge in [0.05, 0.1) is 5.54 Å². The van der Waals surface area contributed by atoms with Gasteiger partial charge >= 0.3 is 0 Å². The Kier molecular flexibility index (Phi) is 7.23. The van der Waals surface area contributed by atoms with Gasteiger partial charge in [0, 0.05) is 43.9 Å². The van der Waals surface area contributed by atoms with Gasteiger partial charge in [0.25, 0.3) is 5.91 Å². The zero-order valence-corrected chi connectivity index (χ0v) is 21.8. The Bertz CT molecular complexity index is 1320. The van der Waals surface area contributed by atoms with Crippen molar-refractivity contribution in [2.24, 2.45) is 17.4 Å². The monoisotopic (exact) mass is 516 g/mol. The molecule has 0 radical (unpaired) electrons. The third-order valence-corrected chi connectivity index (χ3v) is 7.96. The molecule has 2 aliphatic rings. The summed E-state index contributed by atoms with van der Waals surface area (Å²) in [6.07, 6.45) is 5.77. The molecular formula is C29H36N6O3. The molecule has 9 heteroatoms. The van der Waals surface area contributed by atoms with Gasteiger partial charge in [0.1, 0.15) is 11.3 Å². The summed E-state index contributed by atoms with van der Waals surface area (Å²) in [5, 5.41) is 18.1. The van der Waals surface area contributed by atoms with Crippen LogP contribution in [-0.2, 0) is 23.3 Å². The van der Waals surface area contributed by atoms with E-state index in [0.717, 1.165) is 61.9 Å². The van der Waals surface area contributed by atoms with Crippen LogP contribution in [0.3, 0.4) is 0 Å². The number of aromatic hydroxyl groups is 1. The molecule has 0 spiro atoms. The number of carbonyl (C=O) groups is 2. The van der Waals surface area contributed by atoms with Crippen LogP contribution >= 0.6 is 0 Å². The Morgan fingerprint density at radius 3 is 2.37 bits per heavy atom. The second-order valence-corrected chi connectivity index (χ2v) is 10.6. The fourth-order valence-corrected chi connectivity index (χ4v) is 5.21. The number of nitrogens with zero attached hydrogens (tertiary/aromatic N) is 3. The summed E-state index contributed by atoms with van der Waals surface area (Å²) < 4.78 is 1.73. The second kappa shape index (κ2) is 10.6. The number of aromatic nitrogens is 2. The first-order valence-electron chi connectivity index (χ1n) is 13.4. The third kappa shape index (κ3) is 5.30. The van der Waals surface area contributed by atoms with E-state index in [1.807, 2.05) is 24.3 Å². The van der Waals surface area contributed by atoms with Crippen LogP contribution in [0, 0.1) is 5.92 Å². The lowest BCUT2D eigenvalue weighted by Gasteiger charge is -2.41. The van der Waals surface area contributed by atoms with Crippen molar-refractivity contribution in [3.8, 4) is 16.9 Å². The molecule has 200 valence electrons. The van der Waals surface area contributed by atoms with Crippen LogP contribution in [0.5, 0.6) is 5.75 Å². The number of primary amides is 1. The molecular weight excluding hydrogens is 480 g/mol. The van der Waals surface area contributed by atoms with Crippen LogP contribution in [0.1, 0.15) is 54.1 Å². The van der Waals surface area contributed by atoms with Gasteiger partial charge in [-0.2, -0.15) is 5.10 Å². The van der Waals surface area contributed by atoms with Crippen LogP contribution in [0.2, 0.25) is 0 Å². The van der Waals surface area contributed by atoms with E-state index < -0.39 is 11.4 Å². The lowest BCUT2D eigenvalue weighted by molar-refractivity contribution is -0.117. The first-order chi connectivity index (χ1) is 18.3. The smallest absolute Gasteiger partial charge is 0.254 e. The summed E-state index contributed by atoms with van der Waals surface area (Å²) in [5.41, 5.74) is 15.7. The molecule has 1 aliphatic heterocycles. The van der Waals surface area contributed by atoms with E-state index in [4.69, 9.17) is 11.5 Å². The van der Waals surface area contributed by atoms with Crippen molar-refractivity contribution in [1.29, 1.82) is 0 Å². The average Bonchev–Trinajstić information content (AvgIpc) is 3.69. The molecule has 1 aromatic heterocycles. The zero-order valence-electron chi connectivity index (χ0n) is 21.8. The number of nitrogens with two attached hydrogens (primary N) is 2. The molecule has 9 nitrogen and oxygen atoms in total. The maximum Gasteiger partial charge on any atom is 0.254 e. The normalized spacial score (nSPS) is 17.3. The van der Waals surface area contributed by atoms with Gasteiger partial charge in [-0.3, -0.25) is 19.2 Å². The molecule has 1 aliphatic carbocycles. The van der Waals surface area contributed by atoms with Crippen molar-refractivity contribution in [3.05, 3.63) is 65.4 Å². The van der Waals surface area contributed by atoms with E-state index in [9.17, 15) is 14.7 Å². The molecule has 2 fully saturated rings. The molecule has 38 heavy (non-hydrogen) atoms. The number of nitrogens with one attached hydrogen (secondary N) is 1. The molecule has 0 atom stereocenters. The van der Waals surface area contributed by atoms with Crippen LogP contribution < -0.4 is 16.8 Å². The highest BCUT2D eigenvalue weighted by Crippen LogP contribution is 2.34. The van der Waals surface area contributed by atoms with Crippen LogP contribution in [0.25, 0.3) is 11.1 Å². The molecule has 6 N–H and O–H groups in total. The van der Waals surface area contributed by atoms with Crippen molar-refractivity contribution in [2.45, 2.75) is 51.1 Å². The number of anilines is 1. The summed E-state index contributed by atoms with van der Waals surface area (Å²) >= 11 is 0. The number of rotatable bonds is 9. The Morgan fingerprint density at radius 1 is 1.11 bits per heavy atom. The van der Waals surface area contributed by atoms with E-state index in [1.54, 1.807) is 10.9 Å². The number of phenols is 1. The summed E-state index contributed by atoms with van der Waals surface area (Å²) in [5.74, 6) is -0.276. The predicted molar refractivity (Wildman–Crippen MR) is 147 cm³/mol. The maximum atomic E-state index is 12.3. The van der Waals surface area contributed by atoms with E-state index >= 15 is 0 Å². The standard InChI is InChI=1S/C29H36N6O3/c1-2-19-3-6-21(7-4-19)23-10-5-20(15-25(23)36)16-34-13-11-29(18-30,12-14-34)35-17-24(26(31)37)27(33-35)32-28(38)22-8-9-22/h3-7,10,15,17,22,36H,2,8-9,11-14,16,18,30H2,1H3,(H2,31,37)(H,32,33,38). The summed E-state index contributed by atoms with van der Waals surface area (Å²) in [4.78, 5) is 26.7. The van der Waals surface area contributed by atoms with Crippen molar-refractivity contribution >= 4 is 17.6 Å². The van der Waals surface area contributed by atoms with Gasteiger partial charge in [-0.05, 0) is 54.9 Å². The highest BCUT2D eigenvalue weighted by atomic mass is 16.3. The van der Waals surface area contributed by atoms with E-state index in [-0.39, 0.29) is 29.0 Å². The van der Waals surface area contributed by atoms with Gasteiger partial charge in [-0.1, -0.05) is 43.3 Å². The molecule has 2 aromatic carbocycles. The molecule has 2 amide bonds. The Morgan fingerprint density at radius 2 is 1.79 bits per heavy atom. The molecule has 2 heterocycles. The lowest BCUT2D eigenvalue weighted by Crippen LogP contribution is -2.50. The Labute approximate surface area is 222 Å². The maximum absolute atomic E-state index is 12.3.